The minimum absolute atomic E-state index is 0.119. The van der Waals surface area contributed by atoms with Crippen molar-refractivity contribution >= 4 is 17.9 Å². The van der Waals surface area contributed by atoms with E-state index in [1.807, 2.05) is 27.8 Å². The van der Waals surface area contributed by atoms with Crippen LogP contribution in [0.1, 0.15) is 39.5 Å². The van der Waals surface area contributed by atoms with Gasteiger partial charge in [-0.3, -0.25) is 4.79 Å². The van der Waals surface area contributed by atoms with Crippen LogP contribution in [0.4, 0.5) is 4.79 Å². The van der Waals surface area contributed by atoms with E-state index in [0.717, 1.165) is 4.90 Å². The summed E-state index contributed by atoms with van der Waals surface area (Å²) in [5.74, 6) is -0.233. The van der Waals surface area contributed by atoms with Crippen LogP contribution in [0.5, 0.6) is 0 Å². The van der Waals surface area contributed by atoms with Crippen LogP contribution in [0.2, 0.25) is 0 Å². The van der Waals surface area contributed by atoms with E-state index >= 15 is 0 Å². The second kappa shape index (κ2) is 8.92. The molecular weight excluding hydrogens is 364 g/mol. The van der Waals surface area contributed by atoms with Crippen molar-refractivity contribution in [3.8, 4) is 0 Å². The fraction of sp³-hybridized carbons (Fsp3) is 0.526. The molecule has 2 heterocycles. The Bertz CT molecular complexity index is 749. The number of esters is 1. The van der Waals surface area contributed by atoms with Gasteiger partial charge < -0.3 is 30.0 Å². The number of likely N-dealkylation sites (N-methyl/N-ethyl adjacent to an activating group) is 1. The molecular formula is C19H29N4O5+. The molecule has 9 heteroatoms. The first-order valence-corrected chi connectivity index (χ1v) is 9.24. The summed E-state index contributed by atoms with van der Waals surface area (Å²) in [4.78, 5) is 37.8. The largest absolute Gasteiger partial charge is 0.467 e. The molecule has 0 radical (unpaired) electrons. The Labute approximate surface area is 164 Å². The maximum Gasteiger partial charge on any atom is 0.338 e. The summed E-state index contributed by atoms with van der Waals surface area (Å²) in [5, 5.41) is 8.28. The fourth-order valence-corrected chi connectivity index (χ4v) is 2.98. The molecule has 1 aromatic rings. The summed E-state index contributed by atoms with van der Waals surface area (Å²) >= 11 is 0. The molecule has 0 spiro atoms. The molecule has 1 aliphatic rings. The van der Waals surface area contributed by atoms with Gasteiger partial charge in [0, 0.05) is 5.54 Å². The van der Waals surface area contributed by atoms with Crippen LogP contribution >= 0.6 is 0 Å². The van der Waals surface area contributed by atoms with Gasteiger partial charge in [-0.15, -0.1) is 0 Å². The van der Waals surface area contributed by atoms with Crippen molar-refractivity contribution in [3.05, 3.63) is 35.4 Å². The van der Waals surface area contributed by atoms with Gasteiger partial charge >= 0.3 is 12.0 Å². The van der Waals surface area contributed by atoms with Gasteiger partial charge in [-0.1, -0.05) is 0 Å². The molecule has 3 amide bonds. The number of nitrogens with one attached hydrogen (secondary N) is 4. The van der Waals surface area contributed by atoms with Gasteiger partial charge in [0.1, 0.15) is 18.3 Å². The summed E-state index contributed by atoms with van der Waals surface area (Å²) < 4.78 is 10.6. The second-order valence-corrected chi connectivity index (χ2v) is 7.77. The van der Waals surface area contributed by atoms with Crippen molar-refractivity contribution in [2.45, 2.75) is 39.3 Å². The van der Waals surface area contributed by atoms with Gasteiger partial charge in [0.05, 0.1) is 31.2 Å². The fourth-order valence-electron chi connectivity index (χ4n) is 2.98. The van der Waals surface area contributed by atoms with Crippen LogP contribution in [0.15, 0.2) is 34.1 Å². The molecule has 0 saturated heterocycles. The lowest BCUT2D eigenvalue weighted by Gasteiger charge is -2.29. The molecule has 9 nitrogen and oxygen atoms in total. The number of hydrogen-bond donors (Lipinski definition) is 4. The number of carbonyl (C=O) groups is 3. The first kappa shape index (κ1) is 21.5. The molecule has 1 aromatic heterocycles. The lowest BCUT2D eigenvalue weighted by atomic mass is 10.00. The maximum atomic E-state index is 12.6. The van der Waals surface area contributed by atoms with Crippen LogP contribution in [0.3, 0.4) is 0 Å². The number of ether oxygens (including phenoxy) is 1. The standard InChI is InChI=1S/C19H28N4O5/c1-6-27-17(25)15-12(10-23(5)11-14(24)22-19(2,3)4)20-18(26)21-16(15)13-8-7-9-28-13/h7-9,16H,6,10-11H2,1-5H3,(H,22,24)(H2,20,21,26)/p+1/t16-/m0/s1. The minimum Gasteiger partial charge on any atom is -0.467 e. The molecule has 0 aliphatic carbocycles. The van der Waals surface area contributed by atoms with Crippen LogP contribution < -0.4 is 20.9 Å². The number of furan rings is 1. The topological polar surface area (TPSA) is 114 Å². The van der Waals surface area contributed by atoms with Crippen LogP contribution in [0, 0.1) is 0 Å². The van der Waals surface area contributed by atoms with E-state index in [0.29, 0.717) is 11.5 Å². The molecule has 154 valence electrons. The van der Waals surface area contributed by atoms with E-state index in [4.69, 9.17) is 9.15 Å². The SMILES string of the molecule is CCOC(=O)C1=C(C[NH+](C)CC(=O)NC(C)(C)C)NC(=O)N[C@H]1c1ccco1. The maximum absolute atomic E-state index is 12.6. The van der Waals surface area contributed by atoms with Gasteiger partial charge in [0.2, 0.25) is 0 Å². The molecule has 0 bridgehead atoms. The Hall–Kier alpha value is -2.81. The number of urea groups is 1. The van der Waals surface area contributed by atoms with Crippen molar-refractivity contribution in [1.29, 1.82) is 0 Å². The number of amides is 3. The van der Waals surface area contributed by atoms with Crippen LogP contribution in [-0.4, -0.2) is 50.2 Å². The van der Waals surface area contributed by atoms with E-state index in [2.05, 4.69) is 16.0 Å². The summed E-state index contributed by atoms with van der Waals surface area (Å²) in [6.45, 7) is 8.07. The molecule has 0 saturated carbocycles. The van der Waals surface area contributed by atoms with Crippen molar-refractivity contribution in [2.24, 2.45) is 0 Å². The van der Waals surface area contributed by atoms with Crippen molar-refractivity contribution < 1.29 is 28.4 Å². The second-order valence-electron chi connectivity index (χ2n) is 7.77. The van der Waals surface area contributed by atoms with Crippen molar-refractivity contribution in [1.82, 2.24) is 16.0 Å². The summed E-state index contributed by atoms with van der Waals surface area (Å²) in [6, 6.07) is 2.16. The Balaban J connectivity index is 2.27. The summed E-state index contributed by atoms with van der Waals surface area (Å²) in [6.07, 6.45) is 1.47. The van der Waals surface area contributed by atoms with Gasteiger partial charge in [-0.05, 0) is 39.8 Å². The lowest BCUT2D eigenvalue weighted by Crippen LogP contribution is -3.10. The van der Waals surface area contributed by atoms with Gasteiger partial charge in [0.25, 0.3) is 5.91 Å². The molecule has 1 aliphatic heterocycles. The van der Waals surface area contributed by atoms with Gasteiger partial charge in [0.15, 0.2) is 6.54 Å². The first-order valence-electron chi connectivity index (χ1n) is 9.24. The highest BCUT2D eigenvalue weighted by atomic mass is 16.5. The predicted octanol–water partition coefficient (Wildman–Crippen LogP) is -0.120. The summed E-state index contributed by atoms with van der Waals surface area (Å²) in [7, 11) is 1.81. The lowest BCUT2D eigenvalue weighted by molar-refractivity contribution is -0.866. The highest BCUT2D eigenvalue weighted by Gasteiger charge is 2.36. The number of rotatable bonds is 7. The van der Waals surface area contributed by atoms with E-state index in [-0.39, 0.29) is 36.7 Å². The smallest absolute Gasteiger partial charge is 0.338 e. The number of hydrogen-bond acceptors (Lipinski definition) is 5. The normalized spacial score (nSPS) is 18.2. The van der Waals surface area contributed by atoms with Crippen LogP contribution in [0.25, 0.3) is 0 Å². The van der Waals surface area contributed by atoms with E-state index in [1.165, 1.54) is 6.26 Å². The van der Waals surface area contributed by atoms with E-state index < -0.39 is 18.0 Å². The number of quaternary nitrogens is 1. The third-order valence-electron chi connectivity index (χ3n) is 3.93. The Kier molecular flexibility index (Phi) is 6.85. The third kappa shape index (κ3) is 5.85. The highest BCUT2D eigenvalue weighted by Crippen LogP contribution is 2.27. The summed E-state index contributed by atoms with van der Waals surface area (Å²) in [5.41, 5.74) is 0.344. The Morgan fingerprint density at radius 1 is 1.36 bits per heavy atom. The quantitative estimate of drug-likeness (QED) is 0.482. The molecule has 2 rings (SSSR count). The zero-order valence-electron chi connectivity index (χ0n) is 17.0. The van der Waals surface area contributed by atoms with Gasteiger partial charge in [-0.25, -0.2) is 9.59 Å². The Morgan fingerprint density at radius 2 is 2.07 bits per heavy atom. The van der Waals surface area contributed by atoms with Crippen molar-refractivity contribution in [3.63, 3.8) is 0 Å². The van der Waals surface area contributed by atoms with Crippen molar-refractivity contribution in [2.75, 3.05) is 26.7 Å². The molecule has 28 heavy (non-hydrogen) atoms. The molecule has 4 N–H and O–H groups in total. The van der Waals surface area contributed by atoms with E-state index in [9.17, 15) is 14.4 Å². The molecule has 2 atom stereocenters. The third-order valence-corrected chi connectivity index (χ3v) is 3.93. The highest BCUT2D eigenvalue weighted by molar-refractivity contribution is 5.95. The van der Waals surface area contributed by atoms with Gasteiger partial charge in [-0.2, -0.15) is 0 Å². The zero-order valence-corrected chi connectivity index (χ0v) is 17.0. The predicted molar refractivity (Wildman–Crippen MR) is 101 cm³/mol. The monoisotopic (exact) mass is 393 g/mol. The molecule has 1 unspecified atom stereocenters. The molecule has 0 aromatic carbocycles. The average molecular weight is 393 g/mol. The number of carbonyl (C=O) groups excluding carboxylic acids is 3. The van der Waals surface area contributed by atoms with E-state index in [1.54, 1.807) is 19.1 Å². The minimum atomic E-state index is -0.756. The Morgan fingerprint density at radius 3 is 2.64 bits per heavy atom. The average Bonchev–Trinajstić information content (AvgIpc) is 3.06. The van der Waals surface area contributed by atoms with Crippen LogP contribution in [-0.2, 0) is 14.3 Å². The first-order chi connectivity index (χ1) is 13.1. The zero-order chi connectivity index (χ0) is 20.9. The molecule has 0 fully saturated rings.